The Labute approximate surface area is 217 Å². The van der Waals surface area contributed by atoms with Crippen LogP contribution >= 0.6 is 0 Å². The largest absolute Gasteiger partial charge is 0.497 e. The number of ether oxygens (including phenoxy) is 1. The predicted molar refractivity (Wildman–Crippen MR) is 149 cm³/mol. The molecule has 8 heteroatoms. The molecule has 3 aliphatic rings. The van der Waals surface area contributed by atoms with Crippen LogP contribution in [0.5, 0.6) is 5.75 Å². The second-order valence-electron chi connectivity index (χ2n) is 10.6. The van der Waals surface area contributed by atoms with E-state index in [0.29, 0.717) is 22.9 Å². The number of piperazine rings is 1. The molecule has 0 bridgehead atoms. The number of anilines is 4. The number of methoxy groups -OCH3 is 1. The fraction of sp³-hybridized carbons (Fsp3) is 0.448. The fourth-order valence-corrected chi connectivity index (χ4v) is 5.89. The van der Waals surface area contributed by atoms with Gasteiger partial charge in [-0.2, -0.15) is 5.26 Å². The summed E-state index contributed by atoms with van der Waals surface area (Å²) < 4.78 is 7.38. The van der Waals surface area contributed by atoms with E-state index in [-0.39, 0.29) is 5.56 Å². The van der Waals surface area contributed by atoms with Crippen molar-refractivity contribution in [2.75, 3.05) is 68.1 Å². The maximum Gasteiger partial charge on any atom is 0.253 e. The standard InChI is InChI=1S/C29H34N6O2/c1-19-13-23-25(32(3)29(19)36)15-22(37-4)16-26(23)35-12-11-34(21-5-6-21)28-17-24(20(18-30)14-27(28)35)33-9-7-31(2)8-10-33/h13-17,21H,5-12H2,1-4H3. The van der Waals surface area contributed by atoms with Crippen LogP contribution in [-0.2, 0) is 7.05 Å². The Kier molecular flexibility index (Phi) is 5.76. The Bertz CT molecular complexity index is 1480. The number of nitriles is 1. The molecule has 0 N–H and O–H groups in total. The lowest BCUT2D eigenvalue weighted by atomic mass is 10.0. The zero-order valence-electron chi connectivity index (χ0n) is 22.1. The highest BCUT2D eigenvalue weighted by molar-refractivity contribution is 5.98. The monoisotopic (exact) mass is 498 g/mol. The summed E-state index contributed by atoms with van der Waals surface area (Å²) >= 11 is 0. The van der Waals surface area contributed by atoms with E-state index >= 15 is 0 Å². The molecule has 2 aromatic carbocycles. The zero-order valence-corrected chi connectivity index (χ0v) is 22.1. The van der Waals surface area contributed by atoms with Gasteiger partial charge in [-0.3, -0.25) is 4.79 Å². The third-order valence-electron chi connectivity index (χ3n) is 8.21. The minimum absolute atomic E-state index is 0.00533. The van der Waals surface area contributed by atoms with Crippen LogP contribution in [0.2, 0.25) is 0 Å². The van der Waals surface area contributed by atoms with Crippen molar-refractivity contribution in [1.29, 1.82) is 5.26 Å². The summed E-state index contributed by atoms with van der Waals surface area (Å²) in [4.78, 5) is 22.3. The van der Waals surface area contributed by atoms with Gasteiger partial charge in [0.1, 0.15) is 11.8 Å². The fourth-order valence-electron chi connectivity index (χ4n) is 5.89. The van der Waals surface area contributed by atoms with Crippen LogP contribution < -0.4 is 25.0 Å². The molecule has 0 spiro atoms. The van der Waals surface area contributed by atoms with E-state index in [4.69, 9.17) is 4.74 Å². The number of hydrogen-bond acceptors (Lipinski definition) is 7. The smallest absolute Gasteiger partial charge is 0.253 e. The van der Waals surface area contributed by atoms with Crippen LogP contribution in [0.4, 0.5) is 22.7 Å². The highest BCUT2D eigenvalue weighted by Gasteiger charge is 2.36. The third kappa shape index (κ3) is 3.98. The number of benzene rings is 2. The molecule has 3 aromatic rings. The van der Waals surface area contributed by atoms with Crippen molar-refractivity contribution >= 4 is 33.7 Å². The second kappa shape index (κ2) is 9.00. The average molecular weight is 499 g/mol. The van der Waals surface area contributed by atoms with Crippen molar-refractivity contribution in [3.05, 3.63) is 51.8 Å². The SMILES string of the molecule is COc1cc(N2CCN(C3CC3)c3cc(N4CCN(C)CC4)c(C#N)cc32)c2cc(C)c(=O)n(C)c2c1. The van der Waals surface area contributed by atoms with Crippen molar-refractivity contribution in [3.8, 4) is 11.8 Å². The van der Waals surface area contributed by atoms with Gasteiger partial charge in [-0.1, -0.05) is 0 Å². The van der Waals surface area contributed by atoms with Gasteiger partial charge in [0, 0.05) is 75.4 Å². The summed E-state index contributed by atoms with van der Waals surface area (Å²) in [6.45, 7) is 7.41. The highest BCUT2D eigenvalue weighted by atomic mass is 16.5. The predicted octanol–water partition coefficient (Wildman–Crippen LogP) is 3.60. The zero-order chi connectivity index (χ0) is 25.8. The second-order valence-corrected chi connectivity index (χ2v) is 10.6. The lowest BCUT2D eigenvalue weighted by molar-refractivity contribution is 0.313. The van der Waals surface area contributed by atoms with E-state index in [1.165, 1.54) is 18.5 Å². The molecule has 192 valence electrons. The molecule has 1 saturated carbocycles. The van der Waals surface area contributed by atoms with E-state index in [2.05, 4.69) is 50.9 Å². The Morgan fingerprint density at radius 1 is 0.892 bits per heavy atom. The van der Waals surface area contributed by atoms with E-state index in [0.717, 1.165) is 67.2 Å². The van der Waals surface area contributed by atoms with Crippen molar-refractivity contribution in [3.63, 3.8) is 0 Å². The van der Waals surface area contributed by atoms with Crippen LogP contribution in [0.1, 0.15) is 24.0 Å². The molecule has 3 heterocycles. The third-order valence-corrected chi connectivity index (χ3v) is 8.21. The van der Waals surface area contributed by atoms with Crippen LogP contribution in [0.3, 0.4) is 0 Å². The molecular formula is C29H34N6O2. The molecule has 0 atom stereocenters. The maximum atomic E-state index is 12.7. The normalized spacial score (nSPS) is 18.2. The first-order valence-corrected chi connectivity index (χ1v) is 13.1. The van der Waals surface area contributed by atoms with Gasteiger partial charge in [-0.15, -0.1) is 0 Å². The molecule has 2 fully saturated rings. The van der Waals surface area contributed by atoms with Gasteiger partial charge in [-0.05, 0) is 45.0 Å². The van der Waals surface area contributed by atoms with E-state index in [1.54, 1.807) is 11.7 Å². The molecule has 0 radical (unpaired) electrons. The quantitative estimate of drug-likeness (QED) is 0.545. The number of nitrogens with zero attached hydrogens (tertiary/aromatic N) is 6. The van der Waals surface area contributed by atoms with E-state index in [1.807, 2.05) is 26.1 Å². The number of hydrogen-bond donors (Lipinski definition) is 0. The molecule has 0 amide bonds. The number of likely N-dealkylation sites (N-methyl/N-ethyl adjacent to an activating group) is 1. The van der Waals surface area contributed by atoms with Crippen molar-refractivity contribution in [1.82, 2.24) is 9.47 Å². The molecular weight excluding hydrogens is 464 g/mol. The van der Waals surface area contributed by atoms with Crippen LogP contribution in [-0.4, -0.2) is 68.9 Å². The molecule has 1 aliphatic carbocycles. The molecule has 1 saturated heterocycles. The molecule has 1 aromatic heterocycles. The van der Waals surface area contributed by atoms with Gasteiger partial charge in [-0.25, -0.2) is 0 Å². The van der Waals surface area contributed by atoms with Crippen LogP contribution in [0.15, 0.2) is 35.1 Å². The summed E-state index contributed by atoms with van der Waals surface area (Å²) in [6.07, 6.45) is 2.43. The lowest BCUT2D eigenvalue weighted by Gasteiger charge is -2.41. The summed E-state index contributed by atoms with van der Waals surface area (Å²) in [5.74, 6) is 0.710. The van der Waals surface area contributed by atoms with Crippen molar-refractivity contribution in [2.24, 2.45) is 7.05 Å². The van der Waals surface area contributed by atoms with Crippen molar-refractivity contribution in [2.45, 2.75) is 25.8 Å². The summed E-state index contributed by atoms with van der Waals surface area (Å²) in [6, 6.07) is 13.4. The first kappa shape index (κ1) is 23.7. The summed E-state index contributed by atoms with van der Waals surface area (Å²) in [5.41, 5.74) is 6.53. The Morgan fingerprint density at radius 2 is 1.65 bits per heavy atom. The van der Waals surface area contributed by atoms with Gasteiger partial charge in [0.2, 0.25) is 0 Å². The van der Waals surface area contributed by atoms with Gasteiger partial charge in [0.05, 0.1) is 40.9 Å². The first-order valence-electron chi connectivity index (χ1n) is 13.1. The van der Waals surface area contributed by atoms with E-state index < -0.39 is 0 Å². The number of aromatic nitrogens is 1. The number of aryl methyl sites for hydroxylation is 2. The number of pyridine rings is 1. The average Bonchev–Trinajstić information content (AvgIpc) is 3.76. The minimum atomic E-state index is -0.00533. The summed E-state index contributed by atoms with van der Waals surface area (Å²) in [5, 5.41) is 11.2. The Hall–Kier alpha value is -3.70. The first-order chi connectivity index (χ1) is 17.9. The number of rotatable bonds is 4. The maximum absolute atomic E-state index is 12.7. The van der Waals surface area contributed by atoms with Gasteiger partial charge in [0.25, 0.3) is 5.56 Å². The minimum Gasteiger partial charge on any atom is -0.497 e. The van der Waals surface area contributed by atoms with E-state index in [9.17, 15) is 10.1 Å². The van der Waals surface area contributed by atoms with Gasteiger partial charge in [0.15, 0.2) is 0 Å². The summed E-state index contributed by atoms with van der Waals surface area (Å²) in [7, 11) is 5.63. The molecule has 0 unspecified atom stereocenters. The van der Waals surface area contributed by atoms with Crippen molar-refractivity contribution < 1.29 is 4.74 Å². The van der Waals surface area contributed by atoms with Crippen LogP contribution in [0.25, 0.3) is 10.9 Å². The Balaban J connectivity index is 1.55. The molecule has 8 nitrogen and oxygen atoms in total. The Morgan fingerprint density at radius 3 is 2.32 bits per heavy atom. The number of fused-ring (bicyclic) bond motifs is 2. The topological polar surface area (TPSA) is 68.0 Å². The highest BCUT2D eigenvalue weighted by Crippen LogP contribution is 2.47. The lowest BCUT2D eigenvalue weighted by Crippen LogP contribution is -2.45. The van der Waals surface area contributed by atoms with Gasteiger partial charge >= 0.3 is 0 Å². The molecule has 6 rings (SSSR count). The molecule has 2 aliphatic heterocycles. The van der Waals surface area contributed by atoms with Gasteiger partial charge < -0.3 is 28.9 Å². The molecule has 37 heavy (non-hydrogen) atoms. The van der Waals surface area contributed by atoms with Crippen LogP contribution in [0, 0.1) is 18.3 Å².